The van der Waals surface area contributed by atoms with Gasteiger partial charge in [0.25, 0.3) is 0 Å². The summed E-state index contributed by atoms with van der Waals surface area (Å²) in [6, 6.07) is 5.59. The van der Waals surface area contributed by atoms with Crippen LogP contribution in [0, 0.1) is 3.57 Å². The van der Waals surface area contributed by atoms with Gasteiger partial charge in [0.1, 0.15) is 3.57 Å². The van der Waals surface area contributed by atoms with Gasteiger partial charge in [0.2, 0.25) is 0 Å². The molecule has 1 aromatic heterocycles. The quantitative estimate of drug-likeness (QED) is 0.739. The molecule has 3 nitrogen and oxygen atoms in total. The van der Waals surface area contributed by atoms with Crippen LogP contribution in [0.3, 0.4) is 0 Å². The Morgan fingerprint density at radius 2 is 2.20 bits per heavy atom. The van der Waals surface area contributed by atoms with Gasteiger partial charge in [0, 0.05) is 10.0 Å². The minimum atomic E-state index is 0.377. The second-order valence-electron chi connectivity index (χ2n) is 2.81. The summed E-state index contributed by atoms with van der Waals surface area (Å²) in [5.41, 5.74) is 6.38. The number of hydrogen-bond acceptors (Lipinski definition) is 3. The van der Waals surface area contributed by atoms with Crippen molar-refractivity contribution in [1.82, 2.24) is 5.16 Å². The zero-order valence-corrected chi connectivity index (χ0v) is 11.8. The van der Waals surface area contributed by atoms with Crippen molar-refractivity contribution in [2.75, 3.05) is 5.73 Å². The molecule has 2 aromatic rings. The van der Waals surface area contributed by atoms with Crippen LogP contribution in [0.1, 0.15) is 0 Å². The molecule has 0 radical (unpaired) electrons. The molecule has 0 fully saturated rings. The Kier molecular flexibility index (Phi) is 3.22. The topological polar surface area (TPSA) is 52.0 Å². The Morgan fingerprint density at radius 1 is 1.47 bits per heavy atom. The number of nitrogens with two attached hydrogens (primary N) is 1. The van der Waals surface area contributed by atoms with Crippen LogP contribution >= 0.6 is 50.1 Å². The number of anilines is 1. The van der Waals surface area contributed by atoms with Crippen LogP contribution in [-0.2, 0) is 0 Å². The third kappa shape index (κ3) is 2.00. The van der Waals surface area contributed by atoms with Gasteiger partial charge in [-0.05, 0) is 50.7 Å². The first-order valence-corrected chi connectivity index (χ1v) is 6.21. The predicted octanol–water partition coefficient (Wildman–Crippen LogP) is 3.94. The highest BCUT2D eigenvalue weighted by Gasteiger charge is 2.16. The molecule has 0 spiro atoms. The number of halogens is 3. The molecule has 0 aliphatic heterocycles. The lowest BCUT2D eigenvalue weighted by Gasteiger charge is -2.01. The Labute approximate surface area is 113 Å². The van der Waals surface area contributed by atoms with Crippen molar-refractivity contribution in [3.63, 3.8) is 0 Å². The number of nitrogen functional groups attached to an aromatic ring is 1. The highest BCUT2D eigenvalue weighted by molar-refractivity contribution is 14.1. The van der Waals surface area contributed by atoms with E-state index in [1.54, 1.807) is 0 Å². The third-order valence-corrected chi connectivity index (χ3v) is 4.19. The largest absolute Gasteiger partial charge is 0.380 e. The van der Waals surface area contributed by atoms with Gasteiger partial charge in [-0.25, -0.2) is 0 Å². The van der Waals surface area contributed by atoms with Gasteiger partial charge >= 0.3 is 0 Å². The fraction of sp³-hybridized carbons (Fsp3) is 0. The normalized spacial score (nSPS) is 10.6. The summed E-state index contributed by atoms with van der Waals surface area (Å²) in [4.78, 5) is 0. The molecule has 0 amide bonds. The summed E-state index contributed by atoms with van der Waals surface area (Å²) in [5, 5.41) is 4.27. The van der Waals surface area contributed by atoms with Gasteiger partial charge in [0.05, 0.1) is 5.02 Å². The highest BCUT2D eigenvalue weighted by Crippen LogP contribution is 2.37. The van der Waals surface area contributed by atoms with Crippen LogP contribution in [0.2, 0.25) is 5.02 Å². The molecule has 0 aliphatic carbocycles. The van der Waals surface area contributed by atoms with E-state index < -0.39 is 0 Å². The van der Waals surface area contributed by atoms with E-state index in [0.29, 0.717) is 16.6 Å². The summed E-state index contributed by atoms with van der Waals surface area (Å²) in [7, 11) is 0. The molecular formula is C9H5BrClIN2O. The van der Waals surface area contributed by atoms with Crippen molar-refractivity contribution >= 4 is 55.9 Å². The number of benzene rings is 1. The summed E-state index contributed by atoms with van der Waals surface area (Å²) in [6.07, 6.45) is 0. The monoisotopic (exact) mass is 398 g/mol. The molecule has 0 atom stereocenters. The molecule has 0 saturated carbocycles. The van der Waals surface area contributed by atoms with Crippen LogP contribution < -0.4 is 5.73 Å². The molecule has 0 bridgehead atoms. The zero-order valence-electron chi connectivity index (χ0n) is 7.30. The molecule has 0 saturated heterocycles. The molecule has 1 aromatic carbocycles. The maximum Gasteiger partial charge on any atom is 0.183 e. The van der Waals surface area contributed by atoms with Crippen molar-refractivity contribution in [2.45, 2.75) is 0 Å². The summed E-state index contributed by atoms with van der Waals surface area (Å²) in [6.45, 7) is 0. The lowest BCUT2D eigenvalue weighted by atomic mass is 10.2. The molecular weight excluding hydrogens is 394 g/mol. The average Bonchev–Trinajstić information content (AvgIpc) is 2.53. The Bertz CT molecular complexity index is 515. The standard InChI is InChI=1S/C9H5BrClIN2O/c10-5-3-1-2-4(6(5)11)8-7(12)9(13)14-15-8/h1-3H,(H2,13,14). The van der Waals surface area contributed by atoms with Gasteiger partial charge < -0.3 is 10.3 Å². The Hall–Kier alpha value is -0.270. The van der Waals surface area contributed by atoms with Crippen molar-refractivity contribution in [3.8, 4) is 11.3 Å². The molecule has 15 heavy (non-hydrogen) atoms. The maximum atomic E-state index is 6.13. The average molecular weight is 399 g/mol. The van der Waals surface area contributed by atoms with Crippen LogP contribution in [0.15, 0.2) is 27.2 Å². The second kappa shape index (κ2) is 4.31. The molecule has 2 rings (SSSR count). The van der Waals surface area contributed by atoms with Crippen LogP contribution in [0.25, 0.3) is 11.3 Å². The summed E-state index contributed by atoms with van der Waals surface area (Å²) < 4.78 is 6.71. The molecule has 6 heteroatoms. The maximum absolute atomic E-state index is 6.13. The summed E-state index contributed by atoms with van der Waals surface area (Å²) in [5.74, 6) is 0.973. The van der Waals surface area contributed by atoms with Gasteiger partial charge in [-0.2, -0.15) is 0 Å². The van der Waals surface area contributed by atoms with E-state index in [1.165, 1.54) is 0 Å². The second-order valence-corrected chi connectivity index (χ2v) is 5.12. The molecule has 78 valence electrons. The van der Waals surface area contributed by atoms with E-state index in [1.807, 2.05) is 18.2 Å². The summed E-state index contributed by atoms with van der Waals surface area (Å²) >= 11 is 11.6. The lowest BCUT2D eigenvalue weighted by Crippen LogP contribution is -1.86. The van der Waals surface area contributed by atoms with Crippen LogP contribution in [-0.4, -0.2) is 5.16 Å². The van der Waals surface area contributed by atoms with Gasteiger partial charge in [-0.15, -0.1) is 0 Å². The molecule has 0 aliphatic rings. The predicted molar refractivity (Wildman–Crippen MR) is 71.8 cm³/mol. The van der Waals surface area contributed by atoms with E-state index in [4.69, 9.17) is 21.9 Å². The fourth-order valence-electron chi connectivity index (χ4n) is 1.14. The lowest BCUT2D eigenvalue weighted by molar-refractivity contribution is 0.435. The number of rotatable bonds is 1. The highest BCUT2D eigenvalue weighted by atomic mass is 127. The first kappa shape index (κ1) is 11.2. The minimum Gasteiger partial charge on any atom is -0.380 e. The van der Waals surface area contributed by atoms with Gasteiger partial charge in [-0.1, -0.05) is 22.8 Å². The van der Waals surface area contributed by atoms with E-state index in [0.717, 1.165) is 13.6 Å². The van der Waals surface area contributed by atoms with Gasteiger partial charge in [0.15, 0.2) is 11.6 Å². The van der Waals surface area contributed by atoms with Crippen LogP contribution in [0.4, 0.5) is 5.82 Å². The minimum absolute atomic E-state index is 0.377. The Balaban J connectivity index is 2.64. The van der Waals surface area contributed by atoms with E-state index in [9.17, 15) is 0 Å². The number of nitrogens with zero attached hydrogens (tertiary/aromatic N) is 1. The van der Waals surface area contributed by atoms with Crippen LogP contribution in [0.5, 0.6) is 0 Å². The molecule has 2 N–H and O–H groups in total. The van der Waals surface area contributed by atoms with E-state index >= 15 is 0 Å². The van der Waals surface area contributed by atoms with Crippen molar-refractivity contribution < 1.29 is 4.52 Å². The van der Waals surface area contributed by atoms with E-state index in [-0.39, 0.29) is 0 Å². The first-order valence-electron chi connectivity index (χ1n) is 3.96. The molecule has 0 unspecified atom stereocenters. The SMILES string of the molecule is Nc1noc(-c2cccc(Br)c2Cl)c1I. The molecule has 1 heterocycles. The first-order chi connectivity index (χ1) is 7.11. The van der Waals surface area contributed by atoms with E-state index in [2.05, 4.69) is 43.7 Å². The van der Waals surface area contributed by atoms with Gasteiger partial charge in [-0.3, -0.25) is 0 Å². The van der Waals surface area contributed by atoms with Crippen molar-refractivity contribution in [1.29, 1.82) is 0 Å². The Morgan fingerprint density at radius 3 is 2.80 bits per heavy atom. The van der Waals surface area contributed by atoms with Crippen molar-refractivity contribution in [2.24, 2.45) is 0 Å². The smallest absolute Gasteiger partial charge is 0.183 e. The third-order valence-electron chi connectivity index (χ3n) is 1.86. The number of hydrogen-bond donors (Lipinski definition) is 1. The fourth-order valence-corrected chi connectivity index (χ4v) is 2.20. The zero-order chi connectivity index (χ0) is 11.0. The van der Waals surface area contributed by atoms with Crippen molar-refractivity contribution in [3.05, 3.63) is 31.3 Å². The number of aromatic nitrogens is 1.